The Kier molecular flexibility index (Phi) is 5.02. The SMILES string of the molecule is COc1ccc(C(C#N)=Cc2ccc(O)c([N+](=O)[O-])c2)cc1OC. The molecule has 0 heterocycles. The van der Waals surface area contributed by atoms with Gasteiger partial charge in [-0.2, -0.15) is 5.26 Å². The second-order valence-corrected chi connectivity index (χ2v) is 4.74. The van der Waals surface area contributed by atoms with Crippen molar-refractivity contribution in [3.05, 3.63) is 57.6 Å². The summed E-state index contributed by atoms with van der Waals surface area (Å²) >= 11 is 0. The molecule has 0 unspecified atom stereocenters. The van der Waals surface area contributed by atoms with E-state index in [0.29, 0.717) is 22.6 Å². The monoisotopic (exact) mass is 326 g/mol. The van der Waals surface area contributed by atoms with Crippen LogP contribution < -0.4 is 9.47 Å². The zero-order valence-electron chi connectivity index (χ0n) is 13.0. The summed E-state index contributed by atoms with van der Waals surface area (Å²) in [6.07, 6.45) is 1.49. The number of allylic oxidation sites excluding steroid dienone is 1. The van der Waals surface area contributed by atoms with E-state index in [2.05, 4.69) is 6.07 Å². The average Bonchev–Trinajstić information content (AvgIpc) is 2.60. The predicted octanol–water partition coefficient (Wildman–Crippen LogP) is 3.38. The fourth-order valence-electron chi connectivity index (χ4n) is 2.13. The van der Waals surface area contributed by atoms with Crippen LogP contribution >= 0.6 is 0 Å². The lowest BCUT2D eigenvalue weighted by Crippen LogP contribution is -1.92. The summed E-state index contributed by atoms with van der Waals surface area (Å²) in [5, 5.41) is 29.8. The van der Waals surface area contributed by atoms with E-state index in [1.54, 1.807) is 18.2 Å². The Hall–Kier alpha value is -3.53. The number of rotatable bonds is 5. The number of methoxy groups -OCH3 is 2. The number of hydrogen-bond acceptors (Lipinski definition) is 6. The summed E-state index contributed by atoms with van der Waals surface area (Å²) in [6.45, 7) is 0. The van der Waals surface area contributed by atoms with Crippen LogP contribution in [0.4, 0.5) is 5.69 Å². The molecule has 0 aliphatic heterocycles. The van der Waals surface area contributed by atoms with E-state index in [0.717, 1.165) is 0 Å². The molecule has 2 aromatic carbocycles. The molecular formula is C17H14N2O5. The van der Waals surface area contributed by atoms with E-state index in [-0.39, 0.29) is 5.57 Å². The minimum Gasteiger partial charge on any atom is -0.502 e. The minimum atomic E-state index is -0.685. The zero-order valence-corrected chi connectivity index (χ0v) is 13.0. The third-order valence-corrected chi connectivity index (χ3v) is 3.32. The van der Waals surface area contributed by atoms with Crippen LogP contribution in [0, 0.1) is 21.4 Å². The molecule has 0 atom stereocenters. The van der Waals surface area contributed by atoms with Crippen molar-refractivity contribution in [3.8, 4) is 23.3 Å². The van der Waals surface area contributed by atoms with Crippen molar-refractivity contribution < 1.29 is 19.5 Å². The molecule has 2 rings (SSSR count). The second kappa shape index (κ2) is 7.15. The molecular weight excluding hydrogens is 312 g/mol. The van der Waals surface area contributed by atoms with Gasteiger partial charge in [0, 0.05) is 6.07 Å². The van der Waals surface area contributed by atoms with Crippen LogP contribution in [0.25, 0.3) is 11.6 Å². The second-order valence-electron chi connectivity index (χ2n) is 4.74. The molecule has 0 aliphatic carbocycles. The highest BCUT2D eigenvalue weighted by atomic mass is 16.6. The maximum Gasteiger partial charge on any atom is 0.311 e. The topological polar surface area (TPSA) is 106 Å². The average molecular weight is 326 g/mol. The number of nitro groups is 1. The Morgan fingerprint density at radius 3 is 2.50 bits per heavy atom. The lowest BCUT2D eigenvalue weighted by atomic mass is 10.0. The van der Waals surface area contributed by atoms with E-state index in [1.165, 1.54) is 38.5 Å². The van der Waals surface area contributed by atoms with Gasteiger partial charge in [-0.25, -0.2) is 0 Å². The summed E-state index contributed by atoms with van der Waals surface area (Å²) in [5.74, 6) is 0.563. The molecule has 0 amide bonds. The highest BCUT2D eigenvalue weighted by molar-refractivity contribution is 5.90. The number of benzene rings is 2. The molecule has 0 bridgehead atoms. The van der Waals surface area contributed by atoms with Gasteiger partial charge in [0.05, 0.1) is 30.8 Å². The summed E-state index contributed by atoms with van der Waals surface area (Å²) in [6, 6.07) is 10.9. The quantitative estimate of drug-likeness (QED) is 0.391. The summed E-state index contributed by atoms with van der Waals surface area (Å²) in [7, 11) is 2.99. The Bertz CT molecular complexity index is 853. The zero-order chi connectivity index (χ0) is 17.7. The molecule has 0 fully saturated rings. The fraction of sp³-hybridized carbons (Fsp3) is 0.118. The number of hydrogen-bond donors (Lipinski definition) is 1. The summed E-state index contributed by atoms with van der Waals surface area (Å²) in [5.41, 5.74) is 0.862. The van der Waals surface area contributed by atoms with Crippen molar-refractivity contribution in [2.45, 2.75) is 0 Å². The van der Waals surface area contributed by atoms with Gasteiger partial charge in [0.1, 0.15) is 0 Å². The van der Waals surface area contributed by atoms with Crippen molar-refractivity contribution in [2.75, 3.05) is 14.2 Å². The molecule has 0 aromatic heterocycles. The van der Waals surface area contributed by atoms with Crippen LogP contribution in [-0.4, -0.2) is 24.2 Å². The van der Waals surface area contributed by atoms with Gasteiger partial charge in [0.25, 0.3) is 0 Å². The molecule has 122 valence electrons. The first-order valence-electron chi connectivity index (χ1n) is 6.81. The minimum absolute atomic E-state index is 0.288. The number of ether oxygens (including phenoxy) is 2. The molecule has 0 saturated heterocycles. The third-order valence-electron chi connectivity index (χ3n) is 3.32. The smallest absolute Gasteiger partial charge is 0.311 e. The largest absolute Gasteiger partial charge is 0.502 e. The highest BCUT2D eigenvalue weighted by Gasteiger charge is 2.14. The molecule has 0 aliphatic rings. The third kappa shape index (κ3) is 3.44. The maximum atomic E-state index is 10.9. The van der Waals surface area contributed by atoms with Crippen molar-refractivity contribution in [1.82, 2.24) is 0 Å². The highest BCUT2D eigenvalue weighted by Crippen LogP contribution is 2.32. The lowest BCUT2D eigenvalue weighted by molar-refractivity contribution is -0.385. The van der Waals surface area contributed by atoms with Gasteiger partial charge in [-0.05, 0) is 41.5 Å². The number of nitriles is 1. The summed E-state index contributed by atoms with van der Waals surface area (Å²) in [4.78, 5) is 10.2. The van der Waals surface area contributed by atoms with E-state index in [1.807, 2.05) is 0 Å². The van der Waals surface area contributed by atoms with Crippen molar-refractivity contribution in [3.63, 3.8) is 0 Å². The Morgan fingerprint density at radius 1 is 1.21 bits per heavy atom. The lowest BCUT2D eigenvalue weighted by Gasteiger charge is -2.09. The first-order valence-corrected chi connectivity index (χ1v) is 6.81. The molecule has 0 radical (unpaired) electrons. The van der Waals surface area contributed by atoms with E-state index < -0.39 is 16.4 Å². The Morgan fingerprint density at radius 2 is 1.92 bits per heavy atom. The Labute approximate surface area is 138 Å². The number of nitro benzene ring substituents is 1. The molecule has 7 heteroatoms. The Balaban J connectivity index is 2.49. The van der Waals surface area contributed by atoms with Crippen molar-refractivity contribution >= 4 is 17.3 Å². The van der Waals surface area contributed by atoms with Crippen LogP contribution in [0.5, 0.6) is 17.2 Å². The van der Waals surface area contributed by atoms with Crippen LogP contribution in [0.1, 0.15) is 11.1 Å². The van der Waals surface area contributed by atoms with Gasteiger partial charge in [0.2, 0.25) is 0 Å². The molecule has 7 nitrogen and oxygen atoms in total. The van der Waals surface area contributed by atoms with E-state index in [9.17, 15) is 20.5 Å². The number of nitrogens with zero attached hydrogens (tertiary/aromatic N) is 2. The van der Waals surface area contributed by atoms with E-state index >= 15 is 0 Å². The summed E-state index contributed by atoms with van der Waals surface area (Å²) < 4.78 is 10.4. The van der Waals surface area contributed by atoms with Gasteiger partial charge >= 0.3 is 5.69 Å². The van der Waals surface area contributed by atoms with E-state index in [4.69, 9.17) is 9.47 Å². The molecule has 24 heavy (non-hydrogen) atoms. The molecule has 0 spiro atoms. The van der Waals surface area contributed by atoms with Crippen LogP contribution in [0.2, 0.25) is 0 Å². The molecule has 1 N–H and O–H groups in total. The van der Waals surface area contributed by atoms with Gasteiger partial charge in [-0.15, -0.1) is 0 Å². The maximum absolute atomic E-state index is 10.9. The fourth-order valence-corrected chi connectivity index (χ4v) is 2.13. The van der Waals surface area contributed by atoms with Gasteiger partial charge in [-0.3, -0.25) is 10.1 Å². The van der Waals surface area contributed by atoms with Crippen LogP contribution in [-0.2, 0) is 0 Å². The number of phenols is 1. The molecule has 2 aromatic rings. The predicted molar refractivity (Wildman–Crippen MR) is 87.8 cm³/mol. The number of aromatic hydroxyl groups is 1. The van der Waals surface area contributed by atoms with Crippen molar-refractivity contribution in [1.29, 1.82) is 5.26 Å². The van der Waals surface area contributed by atoms with Crippen LogP contribution in [0.15, 0.2) is 36.4 Å². The van der Waals surface area contributed by atoms with Gasteiger partial charge in [-0.1, -0.05) is 6.07 Å². The van der Waals surface area contributed by atoms with Crippen molar-refractivity contribution in [2.24, 2.45) is 0 Å². The van der Waals surface area contributed by atoms with Gasteiger partial charge < -0.3 is 14.6 Å². The normalized spacial score (nSPS) is 10.8. The van der Waals surface area contributed by atoms with Gasteiger partial charge in [0.15, 0.2) is 17.2 Å². The number of phenolic OH excluding ortho intramolecular Hbond substituents is 1. The standard InChI is InChI=1S/C17H14N2O5/c1-23-16-6-4-12(9-17(16)24-2)13(10-18)7-11-3-5-15(20)14(8-11)19(21)22/h3-9,20H,1-2H3. The van der Waals surface area contributed by atoms with Crippen LogP contribution in [0.3, 0.4) is 0 Å². The first kappa shape index (κ1) is 16.8. The first-order chi connectivity index (χ1) is 11.5. The molecule has 0 saturated carbocycles.